The summed E-state index contributed by atoms with van der Waals surface area (Å²) in [6, 6.07) is 15.8. The standard InChI is InChI=1S/C22H23N3O5/c1-3-16-8-4-6-10-18(16)24-20(26)13-25(2)21(27)14-30-22(28)15-29-19-11-7-5-9-17(19)12-23/h4-11H,3,13-15H2,1-2H3,(H,24,26). The molecule has 8 nitrogen and oxygen atoms in total. The Bertz CT molecular complexity index is 952. The largest absolute Gasteiger partial charge is 0.481 e. The number of rotatable bonds is 9. The van der Waals surface area contributed by atoms with Gasteiger partial charge in [0.2, 0.25) is 5.91 Å². The van der Waals surface area contributed by atoms with Crippen molar-refractivity contribution in [2.45, 2.75) is 13.3 Å². The molecule has 0 saturated carbocycles. The Morgan fingerprint density at radius 1 is 1.07 bits per heavy atom. The summed E-state index contributed by atoms with van der Waals surface area (Å²) >= 11 is 0. The number of benzene rings is 2. The van der Waals surface area contributed by atoms with Crippen LogP contribution in [0.4, 0.5) is 5.69 Å². The number of para-hydroxylation sites is 2. The predicted octanol–water partition coefficient (Wildman–Crippen LogP) is 2.14. The van der Waals surface area contributed by atoms with E-state index in [0.717, 1.165) is 12.0 Å². The number of ether oxygens (including phenoxy) is 2. The van der Waals surface area contributed by atoms with Crippen LogP contribution >= 0.6 is 0 Å². The number of carbonyl (C=O) groups is 3. The SMILES string of the molecule is CCc1ccccc1NC(=O)CN(C)C(=O)COC(=O)COc1ccccc1C#N. The minimum atomic E-state index is -0.759. The van der Waals surface area contributed by atoms with Crippen molar-refractivity contribution in [1.82, 2.24) is 4.90 Å². The highest BCUT2D eigenvalue weighted by atomic mass is 16.6. The highest BCUT2D eigenvalue weighted by Gasteiger charge is 2.16. The summed E-state index contributed by atoms with van der Waals surface area (Å²) in [5, 5.41) is 11.8. The Morgan fingerprint density at radius 2 is 1.77 bits per heavy atom. The van der Waals surface area contributed by atoms with Crippen molar-refractivity contribution in [1.29, 1.82) is 5.26 Å². The van der Waals surface area contributed by atoms with Crippen LogP contribution in [0.2, 0.25) is 0 Å². The second kappa shape index (κ2) is 11.2. The maximum Gasteiger partial charge on any atom is 0.344 e. The van der Waals surface area contributed by atoms with Crippen molar-refractivity contribution in [3.05, 3.63) is 59.7 Å². The number of nitrogens with one attached hydrogen (secondary N) is 1. The number of hydrogen-bond acceptors (Lipinski definition) is 6. The molecule has 0 heterocycles. The molecular weight excluding hydrogens is 386 g/mol. The fraction of sp³-hybridized carbons (Fsp3) is 0.273. The zero-order valence-corrected chi connectivity index (χ0v) is 16.9. The van der Waals surface area contributed by atoms with Gasteiger partial charge >= 0.3 is 5.97 Å². The van der Waals surface area contributed by atoms with E-state index < -0.39 is 25.1 Å². The van der Waals surface area contributed by atoms with Gasteiger partial charge in [-0.1, -0.05) is 37.3 Å². The van der Waals surface area contributed by atoms with E-state index in [9.17, 15) is 14.4 Å². The van der Waals surface area contributed by atoms with Gasteiger partial charge in [0.15, 0.2) is 13.2 Å². The van der Waals surface area contributed by atoms with Gasteiger partial charge in [-0.2, -0.15) is 5.26 Å². The summed E-state index contributed by atoms with van der Waals surface area (Å²) in [5.74, 6) is -1.38. The average molecular weight is 409 g/mol. The molecule has 0 aromatic heterocycles. The van der Waals surface area contributed by atoms with E-state index in [0.29, 0.717) is 5.69 Å². The molecule has 0 saturated heterocycles. The van der Waals surface area contributed by atoms with Crippen LogP contribution in [-0.2, 0) is 25.5 Å². The predicted molar refractivity (Wildman–Crippen MR) is 110 cm³/mol. The summed E-state index contributed by atoms with van der Waals surface area (Å²) in [5.41, 5.74) is 1.98. The molecule has 1 N–H and O–H groups in total. The van der Waals surface area contributed by atoms with E-state index in [1.54, 1.807) is 30.3 Å². The summed E-state index contributed by atoms with van der Waals surface area (Å²) in [4.78, 5) is 37.3. The van der Waals surface area contributed by atoms with Gasteiger partial charge in [0.1, 0.15) is 11.8 Å². The van der Waals surface area contributed by atoms with Gasteiger partial charge in [-0.25, -0.2) is 4.79 Å². The van der Waals surface area contributed by atoms with E-state index in [2.05, 4.69) is 5.32 Å². The van der Waals surface area contributed by atoms with Crippen LogP contribution < -0.4 is 10.1 Å². The maximum absolute atomic E-state index is 12.2. The third-order valence-electron chi connectivity index (χ3n) is 4.19. The second-order valence-electron chi connectivity index (χ2n) is 6.37. The van der Waals surface area contributed by atoms with Crippen LogP contribution in [0.25, 0.3) is 0 Å². The lowest BCUT2D eigenvalue weighted by molar-refractivity contribution is -0.153. The zero-order chi connectivity index (χ0) is 21.9. The molecule has 2 aromatic carbocycles. The van der Waals surface area contributed by atoms with E-state index in [1.807, 2.05) is 31.2 Å². The number of nitriles is 1. The number of carbonyl (C=O) groups excluding carboxylic acids is 3. The van der Waals surface area contributed by atoms with Gasteiger partial charge < -0.3 is 19.7 Å². The molecule has 0 aliphatic carbocycles. The van der Waals surface area contributed by atoms with Crippen molar-refractivity contribution in [2.24, 2.45) is 0 Å². The Kier molecular flexibility index (Phi) is 8.39. The minimum Gasteiger partial charge on any atom is -0.481 e. The molecule has 0 unspecified atom stereocenters. The first kappa shape index (κ1) is 22.4. The molecule has 8 heteroatoms. The molecule has 2 aromatic rings. The van der Waals surface area contributed by atoms with E-state index in [1.165, 1.54) is 11.9 Å². The third-order valence-corrected chi connectivity index (χ3v) is 4.19. The highest BCUT2D eigenvalue weighted by Crippen LogP contribution is 2.16. The number of hydrogen-bond donors (Lipinski definition) is 1. The molecule has 156 valence electrons. The van der Waals surface area contributed by atoms with Gasteiger partial charge in [0, 0.05) is 12.7 Å². The van der Waals surface area contributed by atoms with Crippen LogP contribution in [0.3, 0.4) is 0 Å². The lowest BCUT2D eigenvalue weighted by Gasteiger charge is -2.17. The van der Waals surface area contributed by atoms with Crippen LogP contribution in [0.1, 0.15) is 18.1 Å². The molecule has 0 spiro atoms. The molecular formula is C22H23N3O5. The summed E-state index contributed by atoms with van der Waals surface area (Å²) in [6.07, 6.45) is 0.766. The molecule has 2 amide bonds. The number of anilines is 1. The highest BCUT2D eigenvalue weighted by molar-refractivity contribution is 5.95. The number of nitrogens with zero attached hydrogens (tertiary/aromatic N) is 2. The van der Waals surface area contributed by atoms with Crippen molar-refractivity contribution >= 4 is 23.5 Å². The van der Waals surface area contributed by atoms with Gasteiger partial charge in [-0.15, -0.1) is 0 Å². The normalized spacial score (nSPS) is 9.90. The molecule has 0 aliphatic rings. The average Bonchev–Trinajstić information content (AvgIpc) is 2.76. The fourth-order valence-corrected chi connectivity index (χ4v) is 2.56. The minimum absolute atomic E-state index is 0.180. The summed E-state index contributed by atoms with van der Waals surface area (Å²) in [6.45, 7) is 0.847. The first-order valence-corrected chi connectivity index (χ1v) is 9.33. The second-order valence-corrected chi connectivity index (χ2v) is 6.37. The molecule has 2 rings (SSSR count). The van der Waals surface area contributed by atoms with Crippen molar-refractivity contribution in [3.8, 4) is 11.8 Å². The first-order valence-electron chi connectivity index (χ1n) is 9.33. The van der Waals surface area contributed by atoms with Crippen molar-refractivity contribution in [3.63, 3.8) is 0 Å². The van der Waals surface area contributed by atoms with Crippen LogP contribution in [-0.4, -0.2) is 49.5 Å². The third kappa shape index (κ3) is 6.63. The molecule has 30 heavy (non-hydrogen) atoms. The number of aryl methyl sites for hydroxylation is 1. The Morgan fingerprint density at radius 3 is 2.50 bits per heavy atom. The van der Waals surface area contributed by atoms with E-state index >= 15 is 0 Å². The van der Waals surface area contributed by atoms with Gasteiger partial charge in [0.05, 0.1) is 12.1 Å². The van der Waals surface area contributed by atoms with E-state index in [-0.39, 0.29) is 23.8 Å². The van der Waals surface area contributed by atoms with Gasteiger partial charge in [0.25, 0.3) is 5.91 Å². The lowest BCUT2D eigenvalue weighted by Crippen LogP contribution is -2.37. The van der Waals surface area contributed by atoms with Gasteiger partial charge in [-0.3, -0.25) is 9.59 Å². The summed E-state index contributed by atoms with van der Waals surface area (Å²) in [7, 11) is 1.45. The van der Waals surface area contributed by atoms with Crippen LogP contribution in [0, 0.1) is 11.3 Å². The smallest absolute Gasteiger partial charge is 0.344 e. The Labute approximate surface area is 175 Å². The topological polar surface area (TPSA) is 109 Å². The molecule has 0 fully saturated rings. The van der Waals surface area contributed by atoms with Crippen LogP contribution in [0.15, 0.2) is 48.5 Å². The number of esters is 1. The fourth-order valence-electron chi connectivity index (χ4n) is 2.56. The van der Waals surface area contributed by atoms with E-state index in [4.69, 9.17) is 14.7 Å². The summed E-state index contributed by atoms with van der Waals surface area (Å²) < 4.78 is 10.1. The number of amides is 2. The Hall–Kier alpha value is -3.86. The van der Waals surface area contributed by atoms with Crippen molar-refractivity contribution in [2.75, 3.05) is 32.1 Å². The molecule has 0 atom stereocenters. The molecule has 0 radical (unpaired) electrons. The van der Waals surface area contributed by atoms with Crippen LogP contribution in [0.5, 0.6) is 5.75 Å². The molecule has 0 bridgehead atoms. The maximum atomic E-state index is 12.2. The van der Waals surface area contributed by atoms with Crippen molar-refractivity contribution < 1.29 is 23.9 Å². The first-order chi connectivity index (χ1) is 14.4. The molecule has 0 aliphatic heterocycles. The number of likely N-dealkylation sites (N-methyl/N-ethyl adjacent to an activating group) is 1. The lowest BCUT2D eigenvalue weighted by atomic mass is 10.1. The monoisotopic (exact) mass is 409 g/mol. The van der Waals surface area contributed by atoms with Gasteiger partial charge in [-0.05, 0) is 30.2 Å². The zero-order valence-electron chi connectivity index (χ0n) is 16.9. The quantitative estimate of drug-likeness (QED) is 0.636. The Balaban J connectivity index is 1.76.